The first-order chi connectivity index (χ1) is 11.6. The Morgan fingerprint density at radius 2 is 2.17 bits per heavy atom. The maximum Gasteiger partial charge on any atom is 0.331 e. The van der Waals surface area contributed by atoms with Gasteiger partial charge in [0.25, 0.3) is 0 Å². The van der Waals surface area contributed by atoms with Crippen molar-refractivity contribution in [3.8, 4) is 0 Å². The zero-order valence-corrected chi connectivity index (χ0v) is 15.4. The lowest BCUT2D eigenvalue weighted by molar-refractivity contribution is -0.170. The summed E-state index contributed by atoms with van der Waals surface area (Å²) in [4.78, 5) is 15.9. The zero-order valence-electron chi connectivity index (χ0n) is 13.8. The van der Waals surface area contributed by atoms with Gasteiger partial charge < -0.3 is 19.5 Å². The average molecular weight is 399 g/mol. The van der Waals surface area contributed by atoms with Gasteiger partial charge in [-0.3, -0.25) is 0 Å². The van der Waals surface area contributed by atoms with Crippen molar-refractivity contribution in [1.29, 1.82) is 0 Å². The summed E-state index contributed by atoms with van der Waals surface area (Å²) in [5.41, 5.74) is 0.362. The minimum atomic E-state index is -0.520. The lowest BCUT2D eigenvalue weighted by Gasteiger charge is -2.47. The summed E-state index contributed by atoms with van der Waals surface area (Å²) in [5, 5.41) is 3.42. The number of carbonyl (C=O) groups is 1. The van der Waals surface area contributed by atoms with Gasteiger partial charge in [0.2, 0.25) is 0 Å². The second-order valence-corrected chi connectivity index (χ2v) is 7.25. The molecule has 2 aliphatic rings. The van der Waals surface area contributed by atoms with E-state index in [9.17, 15) is 4.79 Å². The summed E-state index contributed by atoms with van der Waals surface area (Å²) in [5.74, 6) is -0.365. The molecule has 1 spiro atoms. The fraction of sp³-hybridized carbons (Fsp3) is 0.647. The summed E-state index contributed by atoms with van der Waals surface area (Å²) in [6.07, 6.45) is 5.16. The fourth-order valence-corrected chi connectivity index (χ4v) is 3.79. The van der Waals surface area contributed by atoms with Crippen LogP contribution >= 0.6 is 15.9 Å². The number of carbonyl (C=O) groups excluding carboxylic acids is 1. The van der Waals surface area contributed by atoms with Gasteiger partial charge in [0.05, 0.1) is 24.9 Å². The number of aromatic nitrogens is 1. The van der Waals surface area contributed by atoms with Crippen molar-refractivity contribution in [3.63, 3.8) is 0 Å². The number of halogens is 1. The Hall–Kier alpha value is -1.02. The molecule has 6 nitrogen and oxygen atoms in total. The zero-order chi connectivity index (χ0) is 17.0. The molecule has 3 rings (SSSR count). The molecule has 24 heavy (non-hydrogen) atoms. The molecule has 0 atom stereocenters. The SMILES string of the molecule is COC(=O)COC1(c2ccc(Br)nc2)CCC2(CC1)CNCCO2. The highest BCUT2D eigenvalue weighted by molar-refractivity contribution is 9.10. The van der Waals surface area contributed by atoms with Gasteiger partial charge in [-0.2, -0.15) is 0 Å². The number of hydrogen-bond acceptors (Lipinski definition) is 6. The number of morpholine rings is 1. The third kappa shape index (κ3) is 3.79. The molecule has 7 heteroatoms. The number of esters is 1. The molecule has 1 aromatic rings. The molecule has 0 bridgehead atoms. The van der Waals surface area contributed by atoms with Gasteiger partial charge in [0.15, 0.2) is 0 Å². The van der Waals surface area contributed by atoms with Crippen molar-refractivity contribution in [1.82, 2.24) is 10.3 Å². The van der Waals surface area contributed by atoms with Gasteiger partial charge in [-0.05, 0) is 47.7 Å². The van der Waals surface area contributed by atoms with E-state index in [2.05, 4.69) is 26.2 Å². The molecule has 2 fully saturated rings. The number of pyridine rings is 1. The van der Waals surface area contributed by atoms with Crippen LogP contribution in [0.4, 0.5) is 0 Å². The highest BCUT2D eigenvalue weighted by Crippen LogP contribution is 2.45. The molecule has 132 valence electrons. The number of rotatable bonds is 4. The van der Waals surface area contributed by atoms with Gasteiger partial charge in [-0.25, -0.2) is 9.78 Å². The summed E-state index contributed by atoms with van der Waals surface area (Å²) in [7, 11) is 1.37. The van der Waals surface area contributed by atoms with E-state index in [0.717, 1.165) is 55.5 Å². The van der Waals surface area contributed by atoms with Crippen LogP contribution in [-0.4, -0.2) is 50.0 Å². The van der Waals surface area contributed by atoms with Crippen LogP contribution in [0.3, 0.4) is 0 Å². The first kappa shape index (κ1) is 17.8. The van der Waals surface area contributed by atoms with Gasteiger partial charge in [0, 0.05) is 24.8 Å². The number of nitrogens with one attached hydrogen (secondary N) is 1. The van der Waals surface area contributed by atoms with Crippen molar-refractivity contribution >= 4 is 21.9 Å². The molecule has 1 aromatic heterocycles. The number of ether oxygens (including phenoxy) is 3. The molecular weight excluding hydrogens is 376 g/mol. The van der Waals surface area contributed by atoms with Crippen LogP contribution in [0.15, 0.2) is 22.9 Å². The lowest BCUT2D eigenvalue weighted by atomic mass is 9.72. The Labute approximate surface area is 150 Å². The largest absolute Gasteiger partial charge is 0.467 e. The predicted octanol–water partition coefficient (Wildman–Crippen LogP) is 2.16. The van der Waals surface area contributed by atoms with Crippen LogP contribution < -0.4 is 5.32 Å². The van der Waals surface area contributed by atoms with E-state index >= 15 is 0 Å². The second kappa shape index (κ2) is 7.47. The molecule has 1 aliphatic carbocycles. The van der Waals surface area contributed by atoms with Crippen LogP contribution in [-0.2, 0) is 24.6 Å². The van der Waals surface area contributed by atoms with Gasteiger partial charge in [-0.15, -0.1) is 0 Å². The third-order valence-electron chi connectivity index (χ3n) is 5.05. The lowest BCUT2D eigenvalue weighted by Crippen LogP contribution is -2.54. The topological polar surface area (TPSA) is 69.7 Å². The normalized spacial score (nSPS) is 30.2. The standard InChI is InChI=1S/C17H23BrN2O4/c1-22-15(21)11-24-17(13-2-3-14(18)20-10-13)6-4-16(5-7-17)12-19-8-9-23-16/h2-3,10,19H,4-9,11-12H2,1H3. The Bertz CT molecular complexity index is 562. The smallest absolute Gasteiger partial charge is 0.331 e. The van der Waals surface area contributed by atoms with Crippen molar-refractivity contribution in [3.05, 3.63) is 28.5 Å². The fourth-order valence-electron chi connectivity index (χ4n) is 3.56. The summed E-state index contributed by atoms with van der Waals surface area (Å²) in [6.45, 7) is 2.47. The molecule has 0 aromatic carbocycles. The maximum atomic E-state index is 11.6. The minimum Gasteiger partial charge on any atom is -0.467 e. The quantitative estimate of drug-likeness (QED) is 0.618. The molecule has 2 heterocycles. The summed E-state index contributed by atoms with van der Waals surface area (Å²) >= 11 is 3.36. The second-order valence-electron chi connectivity index (χ2n) is 6.44. The predicted molar refractivity (Wildman–Crippen MR) is 91.6 cm³/mol. The maximum absolute atomic E-state index is 11.6. The number of methoxy groups -OCH3 is 1. The van der Waals surface area contributed by atoms with Crippen LogP contribution in [0.5, 0.6) is 0 Å². The van der Waals surface area contributed by atoms with Gasteiger partial charge in [0.1, 0.15) is 11.2 Å². The first-order valence-corrected chi connectivity index (χ1v) is 9.04. The molecule has 0 radical (unpaired) electrons. The van der Waals surface area contributed by atoms with E-state index in [1.54, 1.807) is 0 Å². The molecule has 0 unspecified atom stereocenters. The number of nitrogens with zero attached hydrogens (tertiary/aromatic N) is 1. The number of hydrogen-bond donors (Lipinski definition) is 1. The highest BCUT2D eigenvalue weighted by atomic mass is 79.9. The Kier molecular flexibility index (Phi) is 5.54. The molecular formula is C17H23BrN2O4. The van der Waals surface area contributed by atoms with E-state index in [-0.39, 0.29) is 18.2 Å². The molecule has 1 N–H and O–H groups in total. The van der Waals surface area contributed by atoms with Crippen LogP contribution in [0.1, 0.15) is 31.2 Å². The van der Waals surface area contributed by atoms with E-state index in [4.69, 9.17) is 14.2 Å². The summed E-state index contributed by atoms with van der Waals surface area (Å²) < 4.78 is 17.7. The van der Waals surface area contributed by atoms with E-state index in [0.29, 0.717) is 0 Å². The van der Waals surface area contributed by atoms with Gasteiger partial charge in [-0.1, -0.05) is 6.07 Å². The van der Waals surface area contributed by atoms with E-state index in [1.807, 2.05) is 18.3 Å². The monoisotopic (exact) mass is 398 g/mol. The third-order valence-corrected chi connectivity index (χ3v) is 5.52. The van der Waals surface area contributed by atoms with E-state index < -0.39 is 5.60 Å². The van der Waals surface area contributed by atoms with Crippen LogP contribution in [0.2, 0.25) is 0 Å². The molecule has 1 aliphatic heterocycles. The Morgan fingerprint density at radius 1 is 1.38 bits per heavy atom. The van der Waals surface area contributed by atoms with Crippen LogP contribution in [0, 0.1) is 0 Å². The Morgan fingerprint density at radius 3 is 2.75 bits per heavy atom. The highest BCUT2D eigenvalue weighted by Gasteiger charge is 2.46. The van der Waals surface area contributed by atoms with Crippen molar-refractivity contribution in [2.24, 2.45) is 0 Å². The van der Waals surface area contributed by atoms with Crippen LogP contribution in [0.25, 0.3) is 0 Å². The molecule has 1 saturated carbocycles. The minimum absolute atomic E-state index is 0.0569. The van der Waals surface area contributed by atoms with E-state index in [1.165, 1.54) is 7.11 Å². The average Bonchev–Trinajstić information content (AvgIpc) is 2.63. The van der Waals surface area contributed by atoms with Gasteiger partial charge >= 0.3 is 5.97 Å². The molecule has 0 amide bonds. The van der Waals surface area contributed by atoms with Crippen molar-refractivity contribution in [2.45, 2.75) is 36.9 Å². The molecule has 1 saturated heterocycles. The summed E-state index contributed by atoms with van der Waals surface area (Å²) in [6, 6.07) is 3.91. The Balaban J connectivity index is 1.78. The first-order valence-electron chi connectivity index (χ1n) is 8.25. The van der Waals surface area contributed by atoms with Crippen molar-refractivity contribution in [2.75, 3.05) is 33.4 Å². The van der Waals surface area contributed by atoms with Crippen molar-refractivity contribution < 1.29 is 19.0 Å².